The molecule has 0 aliphatic heterocycles. The van der Waals surface area contributed by atoms with Crippen molar-refractivity contribution < 1.29 is 4.74 Å². The van der Waals surface area contributed by atoms with Gasteiger partial charge in [-0.1, -0.05) is 32.0 Å². The van der Waals surface area contributed by atoms with Crippen LogP contribution >= 0.6 is 0 Å². The van der Waals surface area contributed by atoms with Crippen molar-refractivity contribution in [2.24, 2.45) is 16.8 Å². The van der Waals surface area contributed by atoms with E-state index in [1.165, 1.54) is 0 Å². The van der Waals surface area contributed by atoms with Crippen LogP contribution in [0.15, 0.2) is 35.3 Å². The van der Waals surface area contributed by atoms with Crippen LogP contribution in [0.25, 0.3) is 0 Å². The molecule has 0 aliphatic carbocycles. The molecule has 0 saturated heterocycles. The number of rotatable bonds is 6. The van der Waals surface area contributed by atoms with Crippen LogP contribution in [0.2, 0.25) is 0 Å². The molecule has 0 spiro atoms. The summed E-state index contributed by atoms with van der Waals surface area (Å²) in [5, 5.41) is 3.09. The lowest BCUT2D eigenvalue weighted by Gasteiger charge is -2.09. The van der Waals surface area contributed by atoms with Crippen molar-refractivity contribution >= 4 is 11.6 Å². The number of nitrogens with one attached hydrogen (secondary N) is 2. The lowest BCUT2D eigenvalue weighted by Crippen LogP contribution is -2.36. The van der Waals surface area contributed by atoms with Crippen LogP contribution in [-0.4, -0.2) is 25.7 Å². The van der Waals surface area contributed by atoms with Crippen molar-refractivity contribution in [1.29, 1.82) is 0 Å². The summed E-state index contributed by atoms with van der Waals surface area (Å²) in [6, 6.07) is 9.74. The monoisotopic (exact) mass is 250 g/mol. The van der Waals surface area contributed by atoms with Gasteiger partial charge < -0.3 is 10.1 Å². The summed E-state index contributed by atoms with van der Waals surface area (Å²) in [4.78, 5) is 4.28. The summed E-state index contributed by atoms with van der Waals surface area (Å²) < 4.78 is 5.44. The van der Waals surface area contributed by atoms with E-state index in [-0.39, 0.29) is 0 Å². The van der Waals surface area contributed by atoms with Crippen LogP contribution in [0.4, 0.5) is 5.69 Å². The predicted molar refractivity (Wildman–Crippen MR) is 75.3 cm³/mol. The van der Waals surface area contributed by atoms with Gasteiger partial charge in [0, 0.05) is 12.3 Å². The van der Waals surface area contributed by atoms with Crippen LogP contribution < -0.4 is 16.6 Å². The molecule has 18 heavy (non-hydrogen) atoms. The molecule has 1 aromatic carbocycles. The van der Waals surface area contributed by atoms with Crippen molar-refractivity contribution in [2.75, 3.05) is 25.1 Å². The lowest BCUT2D eigenvalue weighted by atomic mass is 10.2. The minimum absolute atomic E-state index is 0.536. The molecule has 5 nitrogen and oxygen atoms in total. The lowest BCUT2D eigenvalue weighted by molar-refractivity contribution is 0.117. The van der Waals surface area contributed by atoms with Crippen LogP contribution in [0.5, 0.6) is 0 Å². The zero-order valence-electron chi connectivity index (χ0n) is 11.0. The summed E-state index contributed by atoms with van der Waals surface area (Å²) in [6.45, 7) is 6.17. The van der Waals surface area contributed by atoms with E-state index in [1.807, 2.05) is 30.3 Å². The normalized spacial score (nSPS) is 11.7. The quantitative estimate of drug-likeness (QED) is 0.236. The maximum absolute atomic E-state index is 5.44. The fourth-order valence-corrected chi connectivity index (χ4v) is 1.32. The van der Waals surface area contributed by atoms with E-state index in [0.29, 0.717) is 25.0 Å². The Morgan fingerprint density at radius 2 is 2.06 bits per heavy atom. The van der Waals surface area contributed by atoms with Crippen LogP contribution in [-0.2, 0) is 4.74 Å². The van der Waals surface area contributed by atoms with E-state index in [0.717, 1.165) is 12.3 Å². The zero-order chi connectivity index (χ0) is 13.2. The third kappa shape index (κ3) is 6.22. The van der Waals surface area contributed by atoms with Crippen molar-refractivity contribution in [3.05, 3.63) is 30.3 Å². The number of hydrazine groups is 1. The smallest absolute Gasteiger partial charge is 0.210 e. The second-order valence-electron chi connectivity index (χ2n) is 4.33. The molecular formula is C13H22N4O. The molecule has 0 saturated carbocycles. The van der Waals surface area contributed by atoms with Gasteiger partial charge in [0.25, 0.3) is 0 Å². The maximum atomic E-state index is 5.44. The van der Waals surface area contributed by atoms with Crippen LogP contribution in [0.1, 0.15) is 13.8 Å². The van der Waals surface area contributed by atoms with Gasteiger partial charge in [0.15, 0.2) is 0 Å². The number of hydrogen-bond donors (Lipinski definition) is 3. The molecule has 1 rings (SSSR count). The second-order valence-corrected chi connectivity index (χ2v) is 4.33. The van der Waals surface area contributed by atoms with Crippen molar-refractivity contribution in [1.82, 2.24) is 5.43 Å². The number of anilines is 1. The van der Waals surface area contributed by atoms with Gasteiger partial charge in [-0.15, -0.1) is 0 Å². The SMILES string of the molecule is CC(C)COCCN=C(NN)Nc1ccccc1. The molecule has 0 amide bonds. The van der Waals surface area contributed by atoms with Gasteiger partial charge in [-0.3, -0.25) is 5.43 Å². The highest BCUT2D eigenvalue weighted by Crippen LogP contribution is 2.04. The number of benzene rings is 1. The first kappa shape index (κ1) is 14.5. The average Bonchev–Trinajstić information content (AvgIpc) is 2.38. The fourth-order valence-electron chi connectivity index (χ4n) is 1.32. The number of ether oxygens (including phenoxy) is 1. The number of hydrogen-bond acceptors (Lipinski definition) is 3. The van der Waals surface area contributed by atoms with E-state index in [2.05, 4.69) is 29.6 Å². The molecule has 0 bridgehead atoms. The standard InChI is InChI=1S/C13H22N4O/c1-11(2)10-18-9-8-15-13(17-14)16-12-6-4-3-5-7-12/h3-7,11H,8-10,14H2,1-2H3,(H2,15,16,17). The van der Waals surface area contributed by atoms with E-state index in [1.54, 1.807) is 0 Å². The van der Waals surface area contributed by atoms with Gasteiger partial charge >= 0.3 is 0 Å². The summed E-state index contributed by atoms with van der Waals surface area (Å²) in [5.41, 5.74) is 3.48. The third-order valence-corrected chi connectivity index (χ3v) is 2.13. The molecule has 0 fully saturated rings. The Morgan fingerprint density at radius 3 is 2.67 bits per heavy atom. The number of nitrogens with zero attached hydrogens (tertiary/aromatic N) is 1. The molecule has 0 heterocycles. The first-order chi connectivity index (χ1) is 8.72. The van der Waals surface area contributed by atoms with E-state index < -0.39 is 0 Å². The number of para-hydroxylation sites is 1. The van der Waals surface area contributed by atoms with Crippen molar-refractivity contribution in [3.8, 4) is 0 Å². The molecule has 100 valence electrons. The largest absolute Gasteiger partial charge is 0.379 e. The van der Waals surface area contributed by atoms with Crippen LogP contribution in [0, 0.1) is 5.92 Å². The Bertz CT molecular complexity index is 351. The Hall–Kier alpha value is -1.59. The van der Waals surface area contributed by atoms with Crippen LogP contribution in [0.3, 0.4) is 0 Å². The van der Waals surface area contributed by atoms with Gasteiger partial charge in [0.1, 0.15) is 0 Å². The number of nitrogens with two attached hydrogens (primary N) is 1. The third-order valence-electron chi connectivity index (χ3n) is 2.13. The van der Waals surface area contributed by atoms with Crippen molar-refractivity contribution in [2.45, 2.75) is 13.8 Å². The highest BCUT2D eigenvalue weighted by atomic mass is 16.5. The number of guanidine groups is 1. The second kappa shape index (κ2) is 8.49. The highest BCUT2D eigenvalue weighted by molar-refractivity contribution is 5.93. The van der Waals surface area contributed by atoms with E-state index >= 15 is 0 Å². The Labute approximate surface area is 108 Å². The Morgan fingerprint density at radius 1 is 1.33 bits per heavy atom. The van der Waals surface area contributed by atoms with E-state index in [9.17, 15) is 0 Å². The average molecular weight is 250 g/mol. The summed E-state index contributed by atoms with van der Waals surface area (Å²) >= 11 is 0. The van der Waals surface area contributed by atoms with Gasteiger partial charge in [-0.2, -0.15) is 0 Å². The first-order valence-electron chi connectivity index (χ1n) is 6.13. The molecule has 0 atom stereocenters. The zero-order valence-corrected chi connectivity index (χ0v) is 11.0. The molecule has 0 aromatic heterocycles. The van der Waals surface area contributed by atoms with Gasteiger partial charge in [-0.05, 0) is 18.1 Å². The summed E-state index contributed by atoms with van der Waals surface area (Å²) in [7, 11) is 0. The van der Waals surface area contributed by atoms with E-state index in [4.69, 9.17) is 10.6 Å². The Kier molecular flexibility index (Phi) is 6.83. The minimum Gasteiger partial charge on any atom is -0.379 e. The highest BCUT2D eigenvalue weighted by Gasteiger charge is 1.97. The van der Waals surface area contributed by atoms with Gasteiger partial charge in [0.05, 0.1) is 13.2 Å². The predicted octanol–water partition coefficient (Wildman–Crippen LogP) is 1.59. The van der Waals surface area contributed by atoms with Gasteiger partial charge in [0.2, 0.25) is 5.96 Å². The molecular weight excluding hydrogens is 228 g/mol. The molecule has 1 aromatic rings. The maximum Gasteiger partial charge on any atom is 0.210 e. The minimum atomic E-state index is 0.536. The fraction of sp³-hybridized carbons (Fsp3) is 0.462. The van der Waals surface area contributed by atoms with Crippen molar-refractivity contribution in [3.63, 3.8) is 0 Å². The molecule has 4 N–H and O–H groups in total. The number of aliphatic imine (C=N–C) groups is 1. The van der Waals surface area contributed by atoms with Gasteiger partial charge in [-0.25, -0.2) is 10.8 Å². The summed E-state index contributed by atoms with van der Waals surface area (Å²) in [6.07, 6.45) is 0. The molecule has 5 heteroatoms. The molecule has 0 unspecified atom stereocenters. The Balaban J connectivity index is 2.32. The molecule has 0 aliphatic rings. The first-order valence-corrected chi connectivity index (χ1v) is 6.13. The molecule has 0 radical (unpaired) electrons. The summed E-state index contributed by atoms with van der Waals surface area (Å²) in [5.74, 6) is 6.48. The topological polar surface area (TPSA) is 71.7 Å².